The number of rotatable bonds is 3. The minimum absolute atomic E-state index is 0.0578. The highest BCUT2D eigenvalue weighted by atomic mass is 79.9. The highest BCUT2D eigenvalue weighted by Gasteiger charge is 2.22. The van der Waals surface area contributed by atoms with Gasteiger partial charge in [0.25, 0.3) is 10.0 Å². The molecule has 0 aliphatic rings. The number of benzene rings is 2. The largest absolute Gasteiger partial charge is 0.505 e. The molecule has 2 rings (SSSR count). The van der Waals surface area contributed by atoms with E-state index in [1.165, 1.54) is 12.1 Å². The number of aryl methyl sites for hydroxylation is 1. The maximum Gasteiger partial charge on any atom is 0.265 e. The van der Waals surface area contributed by atoms with Crippen molar-refractivity contribution in [1.29, 1.82) is 0 Å². The van der Waals surface area contributed by atoms with Gasteiger partial charge in [0, 0.05) is 9.50 Å². The second kappa shape index (κ2) is 6.04. The van der Waals surface area contributed by atoms with Crippen LogP contribution in [0.3, 0.4) is 0 Å². The van der Waals surface area contributed by atoms with Gasteiger partial charge in [0.05, 0.1) is 10.7 Å². The third kappa shape index (κ3) is 3.63. The number of nitrogens with one attached hydrogen (secondary N) is 1. The van der Waals surface area contributed by atoms with Crippen molar-refractivity contribution < 1.29 is 13.5 Å². The third-order valence-electron chi connectivity index (χ3n) is 2.72. The summed E-state index contributed by atoms with van der Waals surface area (Å²) in [4.78, 5) is -0.309. The average molecular weight is 411 g/mol. The lowest BCUT2D eigenvalue weighted by molar-refractivity contribution is 0.459. The normalized spacial score (nSPS) is 11.4. The van der Waals surface area contributed by atoms with Crippen LogP contribution in [0, 0.1) is 6.92 Å². The Labute approximate surface area is 140 Å². The predicted molar refractivity (Wildman–Crippen MR) is 87.8 cm³/mol. The number of sulfonamides is 1. The first kappa shape index (κ1) is 16.4. The van der Waals surface area contributed by atoms with Crippen LogP contribution in [-0.4, -0.2) is 13.5 Å². The highest BCUT2D eigenvalue weighted by molar-refractivity contribution is 9.10. The van der Waals surface area contributed by atoms with Crippen LogP contribution < -0.4 is 4.72 Å². The van der Waals surface area contributed by atoms with Crippen molar-refractivity contribution in [2.75, 3.05) is 4.72 Å². The quantitative estimate of drug-likeness (QED) is 0.778. The second-order valence-electron chi connectivity index (χ2n) is 4.30. The zero-order chi connectivity index (χ0) is 15.8. The van der Waals surface area contributed by atoms with E-state index in [2.05, 4.69) is 20.7 Å². The van der Waals surface area contributed by atoms with Crippen LogP contribution in [0.1, 0.15) is 5.56 Å². The summed E-state index contributed by atoms with van der Waals surface area (Å²) in [5.74, 6) is -0.501. The Morgan fingerprint density at radius 1 is 1.19 bits per heavy atom. The molecule has 112 valence electrons. The molecule has 4 nitrogen and oxygen atoms in total. The van der Waals surface area contributed by atoms with Crippen LogP contribution in [0.25, 0.3) is 0 Å². The molecule has 0 saturated carbocycles. The van der Waals surface area contributed by atoms with Gasteiger partial charge in [-0.3, -0.25) is 4.72 Å². The molecule has 0 amide bonds. The molecule has 0 aliphatic heterocycles. The average Bonchev–Trinajstić information content (AvgIpc) is 2.37. The van der Waals surface area contributed by atoms with E-state index in [-0.39, 0.29) is 9.92 Å². The van der Waals surface area contributed by atoms with Crippen molar-refractivity contribution in [2.24, 2.45) is 0 Å². The van der Waals surface area contributed by atoms with Crippen molar-refractivity contribution in [3.8, 4) is 5.75 Å². The molecule has 0 spiro atoms. The molecular weight excluding hydrogens is 401 g/mol. The maximum atomic E-state index is 12.4. The molecule has 0 unspecified atom stereocenters. The van der Waals surface area contributed by atoms with Crippen LogP contribution >= 0.6 is 39.1 Å². The van der Waals surface area contributed by atoms with E-state index >= 15 is 0 Å². The Balaban J connectivity index is 2.48. The SMILES string of the molecule is Cc1cc(Cl)ccc1NS(=O)(=O)c1cc(Br)cc(Cl)c1O. The lowest BCUT2D eigenvalue weighted by Gasteiger charge is -2.13. The van der Waals surface area contributed by atoms with Crippen molar-refractivity contribution in [3.63, 3.8) is 0 Å². The summed E-state index contributed by atoms with van der Waals surface area (Å²) >= 11 is 14.8. The van der Waals surface area contributed by atoms with E-state index in [1.807, 2.05) is 0 Å². The number of anilines is 1. The molecule has 0 radical (unpaired) electrons. The number of phenolic OH excluding ortho intramolecular Hbond substituents is 1. The van der Waals surface area contributed by atoms with Gasteiger partial charge in [-0.2, -0.15) is 0 Å². The van der Waals surface area contributed by atoms with Crippen molar-refractivity contribution in [2.45, 2.75) is 11.8 Å². The summed E-state index contributed by atoms with van der Waals surface area (Å²) in [5, 5.41) is 10.3. The molecule has 2 aromatic rings. The Morgan fingerprint density at radius 3 is 2.48 bits per heavy atom. The fourth-order valence-corrected chi connectivity index (χ4v) is 4.21. The maximum absolute atomic E-state index is 12.4. The molecule has 2 N–H and O–H groups in total. The summed E-state index contributed by atoms with van der Waals surface area (Å²) in [6, 6.07) is 7.43. The number of aromatic hydroxyl groups is 1. The van der Waals surface area contributed by atoms with Crippen LogP contribution in [0.15, 0.2) is 39.7 Å². The molecule has 8 heteroatoms. The Morgan fingerprint density at radius 2 is 1.86 bits per heavy atom. The second-order valence-corrected chi connectivity index (χ2v) is 7.71. The molecule has 0 heterocycles. The lowest BCUT2D eigenvalue weighted by atomic mass is 10.2. The first-order valence-corrected chi connectivity index (χ1v) is 8.71. The van der Waals surface area contributed by atoms with Gasteiger partial charge in [0.1, 0.15) is 4.90 Å². The van der Waals surface area contributed by atoms with E-state index in [9.17, 15) is 13.5 Å². The van der Waals surface area contributed by atoms with Crippen LogP contribution in [0.5, 0.6) is 5.75 Å². The number of hydrogen-bond acceptors (Lipinski definition) is 3. The van der Waals surface area contributed by atoms with Crippen LogP contribution in [0.2, 0.25) is 10.0 Å². The molecule has 0 bridgehead atoms. The van der Waals surface area contributed by atoms with E-state index in [0.29, 0.717) is 20.7 Å². The van der Waals surface area contributed by atoms with Gasteiger partial charge in [-0.1, -0.05) is 39.1 Å². The molecule has 0 atom stereocenters. The van der Waals surface area contributed by atoms with Gasteiger partial charge >= 0.3 is 0 Å². The minimum Gasteiger partial charge on any atom is -0.505 e. The third-order valence-corrected chi connectivity index (χ3v) is 5.08. The first-order chi connectivity index (χ1) is 9.70. The minimum atomic E-state index is -3.98. The predicted octanol–water partition coefficient (Wildman–Crippen LogP) is 4.57. The Hall–Kier alpha value is -0.950. The molecule has 0 fully saturated rings. The molecular formula is C13H10BrCl2NO3S. The molecule has 0 aromatic heterocycles. The monoisotopic (exact) mass is 409 g/mol. The first-order valence-electron chi connectivity index (χ1n) is 5.67. The van der Waals surface area contributed by atoms with Crippen molar-refractivity contribution >= 4 is 54.8 Å². The summed E-state index contributed by atoms with van der Waals surface area (Å²) in [6.45, 7) is 1.72. The van der Waals surface area contributed by atoms with Gasteiger partial charge in [0.2, 0.25) is 0 Å². The van der Waals surface area contributed by atoms with E-state index in [1.54, 1.807) is 25.1 Å². The smallest absolute Gasteiger partial charge is 0.265 e. The number of phenols is 1. The Kier molecular flexibility index (Phi) is 4.72. The number of hydrogen-bond donors (Lipinski definition) is 2. The van der Waals surface area contributed by atoms with Gasteiger partial charge < -0.3 is 5.11 Å². The topological polar surface area (TPSA) is 66.4 Å². The van der Waals surface area contributed by atoms with E-state index in [0.717, 1.165) is 0 Å². The van der Waals surface area contributed by atoms with E-state index in [4.69, 9.17) is 23.2 Å². The molecule has 0 aliphatic carbocycles. The fourth-order valence-electron chi connectivity index (χ4n) is 1.69. The number of halogens is 3. The lowest BCUT2D eigenvalue weighted by Crippen LogP contribution is -2.14. The standard InChI is InChI=1S/C13H10BrCl2NO3S/c1-7-4-9(15)2-3-11(7)17-21(19,20)12-6-8(14)5-10(16)13(12)18/h2-6,17-18H,1H3. The molecule has 21 heavy (non-hydrogen) atoms. The van der Waals surface area contributed by atoms with Gasteiger partial charge in [-0.05, 0) is 42.8 Å². The van der Waals surface area contributed by atoms with Crippen molar-refractivity contribution in [3.05, 3.63) is 50.4 Å². The summed E-state index contributed by atoms with van der Waals surface area (Å²) in [6.07, 6.45) is 0. The van der Waals surface area contributed by atoms with Crippen LogP contribution in [0.4, 0.5) is 5.69 Å². The van der Waals surface area contributed by atoms with Crippen molar-refractivity contribution in [1.82, 2.24) is 0 Å². The molecule has 2 aromatic carbocycles. The van der Waals surface area contributed by atoms with Gasteiger partial charge in [0.15, 0.2) is 5.75 Å². The molecule has 0 saturated heterocycles. The van der Waals surface area contributed by atoms with Gasteiger partial charge in [-0.15, -0.1) is 0 Å². The van der Waals surface area contributed by atoms with Gasteiger partial charge in [-0.25, -0.2) is 8.42 Å². The highest BCUT2D eigenvalue weighted by Crippen LogP contribution is 2.35. The Bertz CT molecular complexity index is 809. The summed E-state index contributed by atoms with van der Waals surface area (Å²) < 4.78 is 27.6. The van der Waals surface area contributed by atoms with E-state index < -0.39 is 15.8 Å². The summed E-state index contributed by atoms with van der Waals surface area (Å²) in [5.41, 5.74) is 1.03. The zero-order valence-corrected chi connectivity index (χ0v) is 14.6. The van der Waals surface area contributed by atoms with Crippen LogP contribution in [-0.2, 0) is 10.0 Å². The fraction of sp³-hybridized carbons (Fsp3) is 0.0769. The zero-order valence-electron chi connectivity index (χ0n) is 10.7. The summed E-state index contributed by atoms with van der Waals surface area (Å²) in [7, 11) is -3.98.